The van der Waals surface area contributed by atoms with Gasteiger partial charge < -0.3 is 19.4 Å². The highest BCUT2D eigenvalue weighted by Crippen LogP contribution is 2.32. The molecule has 2 fully saturated rings. The summed E-state index contributed by atoms with van der Waals surface area (Å²) in [5, 5.41) is 11.7. The maximum atomic E-state index is 12.9. The van der Waals surface area contributed by atoms with Gasteiger partial charge in [-0.05, 0) is 37.8 Å². The molecule has 3 rings (SSSR count). The van der Waals surface area contributed by atoms with Crippen molar-refractivity contribution in [1.29, 1.82) is 0 Å². The minimum atomic E-state index is -0.413. The van der Waals surface area contributed by atoms with Crippen molar-refractivity contribution in [3.05, 3.63) is 33.9 Å². The Hall–Kier alpha value is -2.84. The van der Waals surface area contributed by atoms with Crippen LogP contribution in [0, 0.1) is 16.0 Å². The number of nitro groups is 1. The van der Waals surface area contributed by atoms with Gasteiger partial charge in [-0.3, -0.25) is 14.9 Å². The van der Waals surface area contributed by atoms with Crippen LogP contribution >= 0.6 is 0 Å². The molecule has 29 heavy (non-hydrogen) atoms. The Morgan fingerprint density at radius 2 is 1.86 bits per heavy atom. The molecule has 2 aliphatic heterocycles. The van der Waals surface area contributed by atoms with Crippen LogP contribution in [0.4, 0.5) is 16.2 Å². The fourth-order valence-electron chi connectivity index (χ4n) is 3.97. The highest BCUT2D eigenvalue weighted by atomic mass is 16.6. The average Bonchev–Trinajstić information content (AvgIpc) is 2.73. The van der Waals surface area contributed by atoms with Crippen LogP contribution < -0.4 is 4.90 Å². The molecule has 0 aromatic heterocycles. The molecule has 2 aliphatic rings. The van der Waals surface area contributed by atoms with Gasteiger partial charge in [0.25, 0.3) is 11.6 Å². The van der Waals surface area contributed by atoms with Gasteiger partial charge in [-0.2, -0.15) is 0 Å². The second kappa shape index (κ2) is 9.11. The molecule has 0 radical (unpaired) electrons. The number of hydrogen-bond donors (Lipinski definition) is 0. The summed E-state index contributed by atoms with van der Waals surface area (Å²) in [5.74, 6) is 0.232. The molecule has 0 saturated carbocycles. The largest absolute Gasteiger partial charge is 0.450 e. The van der Waals surface area contributed by atoms with Crippen LogP contribution in [-0.4, -0.2) is 72.6 Å². The van der Waals surface area contributed by atoms with Crippen LogP contribution in [0.2, 0.25) is 0 Å². The molecule has 1 unspecified atom stereocenters. The van der Waals surface area contributed by atoms with Crippen molar-refractivity contribution < 1.29 is 19.2 Å². The average molecular weight is 404 g/mol. The molecule has 0 aliphatic carbocycles. The highest BCUT2D eigenvalue weighted by Gasteiger charge is 2.29. The van der Waals surface area contributed by atoms with E-state index in [1.165, 1.54) is 6.07 Å². The zero-order valence-corrected chi connectivity index (χ0v) is 17.0. The first-order chi connectivity index (χ1) is 13.9. The SMILES string of the molecule is CCOC(=O)N1CCN(C(=O)c2ccc(N3CCCC(C)C3)c([N+](=O)[O-])c2)CC1. The highest BCUT2D eigenvalue weighted by molar-refractivity contribution is 5.96. The van der Waals surface area contributed by atoms with Crippen LogP contribution in [0.1, 0.15) is 37.0 Å². The minimum absolute atomic E-state index is 0.0323. The molecular weight excluding hydrogens is 376 g/mol. The van der Waals surface area contributed by atoms with Crippen LogP contribution in [0.3, 0.4) is 0 Å². The minimum Gasteiger partial charge on any atom is -0.450 e. The van der Waals surface area contributed by atoms with Crippen LogP contribution in [-0.2, 0) is 4.74 Å². The third kappa shape index (κ3) is 4.78. The van der Waals surface area contributed by atoms with Gasteiger partial charge in [0.2, 0.25) is 0 Å². The van der Waals surface area contributed by atoms with Crippen LogP contribution in [0.15, 0.2) is 18.2 Å². The molecular formula is C20H28N4O5. The number of nitro benzene ring substituents is 1. The summed E-state index contributed by atoms with van der Waals surface area (Å²) in [5.41, 5.74) is 0.843. The van der Waals surface area contributed by atoms with Gasteiger partial charge in [-0.15, -0.1) is 0 Å². The van der Waals surface area contributed by atoms with E-state index in [4.69, 9.17) is 4.74 Å². The Bertz CT molecular complexity index is 776. The zero-order valence-electron chi connectivity index (χ0n) is 17.0. The quantitative estimate of drug-likeness (QED) is 0.566. The second-order valence-corrected chi connectivity index (χ2v) is 7.63. The smallest absolute Gasteiger partial charge is 0.409 e. The van der Waals surface area contributed by atoms with E-state index in [0.717, 1.165) is 25.9 Å². The summed E-state index contributed by atoms with van der Waals surface area (Å²) in [4.78, 5) is 41.2. The van der Waals surface area contributed by atoms with E-state index >= 15 is 0 Å². The van der Waals surface area contributed by atoms with Gasteiger partial charge in [0.15, 0.2) is 0 Å². The van der Waals surface area contributed by atoms with Crippen LogP contribution in [0.25, 0.3) is 0 Å². The monoisotopic (exact) mass is 404 g/mol. The van der Waals surface area contributed by atoms with Gasteiger partial charge in [-0.25, -0.2) is 4.79 Å². The van der Waals surface area contributed by atoms with E-state index < -0.39 is 4.92 Å². The standard InChI is InChI=1S/C20H28N4O5/c1-3-29-20(26)22-11-9-21(10-12-22)19(25)16-6-7-17(18(13-16)24(27)28)23-8-4-5-15(2)14-23/h6-7,13,15H,3-5,8-12,14H2,1-2H3. The Morgan fingerprint density at radius 3 is 2.48 bits per heavy atom. The Morgan fingerprint density at radius 1 is 1.17 bits per heavy atom. The van der Waals surface area contributed by atoms with E-state index in [2.05, 4.69) is 6.92 Å². The van der Waals surface area contributed by atoms with E-state index in [9.17, 15) is 19.7 Å². The maximum Gasteiger partial charge on any atom is 0.409 e. The van der Waals surface area contributed by atoms with Gasteiger partial charge in [0, 0.05) is 50.9 Å². The number of benzene rings is 1. The normalized spacial score (nSPS) is 19.8. The number of rotatable bonds is 4. The lowest BCUT2D eigenvalue weighted by Crippen LogP contribution is -2.50. The van der Waals surface area contributed by atoms with Gasteiger partial charge >= 0.3 is 6.09 Å². The fraction of sp³-hybridized carbons (Fsp3) is 0.600. The second-order valence-electron chi connectivity index (χ2n) is 7.63. The first-order valence-electron chi connectivity index (χ1n) is 10.1. The topological polar surface area (TPSA) is 96.2 Å². The number of ether oxygens (including phenoxy) is 1. The first kappa shape index (κ1) is 20.9. The fourth-order valence-corrected chi connectivity index (χ4v) is 3.97. The summed E-state index contributed by atoms with van der Waals surface area (Å²) in [6.07, 6.45) is 1.75. The van der Waals surface area contributed by atoms with Crippen molar-refractivity contribution in [2.24, 2.45) is 5.92 Å². The predicted octanol–water partition coefficient (Wildman–Crippen LogP) is 2.75. The molecule has 1 atom stereocenters. The number of hydrogen-bond acceptors (Lipinski definition) is 6. The zero-order chi connectivity index (χ0) is 21.0. The summed E-state index contributed by atoms with van der Waals surface area (Å²) >= 11 is 0. The molecule has 2 saturated heterocycles. The lowest BCUT2D eigenvalue weighted by atomic mass is 9.99. The molecule has 0 spiro atoms. The van der Waals surface area contributed by atoms with Gasteiger partial charge in [0.1, 0.15) is 5.69 Å². The predicted molar refractivity (Wildman–Crippen MR) is 108 cm³/mol. The molecule has 1 aromatic carbocycles. The van der Waals surface area contributed by atoms with E-state index in [0.29, 0.717) is 50.0 Å². The van der Waals surface area contributed by atoms with Crippen molar-refractivity contribution in [2.45, 2.75) is 26.7 Å². The third-order valence-corrected chi connectivity index (χ3v) is 5.51. The van der Waals surface area contributed by atoms with Crippen molar-refractivity contribution in [3.63, 3.8) is 0 Å². The summed E-state index contributed by atoms with van der Waals surface area (Å²) < 4.78 is 4.99. The van der Waals surface area contributed by atoms with E-state index in [-0.39, 0.29) is 17.7 Å². The van der Waals surface area contributed by atoms with E-state index in [1.54, 1.807) is 28.9 Å². The molecule has 2 heterocycles. The van der Waals surface area contributed by atoms with Crippen molar-refractivity contribution in [1.82, 2.24) is 9.80 Å². The number of nitrogens with zero attached hydrogens (tertiary/aromatic N) is 4. The lowest BCUT2D eigenvalue weighted by molar-refractivity contribution is -0.384. The van der Waals surface area contributed by atoms with E-state index in [1.807, 2.05) is 4.90 Å². The number of carbonyl (C=O) groups excluding carboxylic acids is 2. The van der Waals surface area contributed by atoms with Crippen molar-refractivity contribution in [3.8, 4) is 0 Å². The lowest BCUT2D eigenvalue weighted by Gasteiger charge is -2.34. The molecule has 0 N–H and O–H groups in total. The number of carbonyl (C=O) groups is 2. The van der Waals surface area contributed by atoms with Crippen LogP contribution in [0.5, 0.6) is 0 Å². The summed E-state index contributed by atoms with van der Waals surface area (Å²) in [7, 11) is 0. The van der Waals surface area contributed by atoms with Crippen molar-refractivity contribution >= 4 is 23.4 Å². The van der Waals surface area contributed by atoms with Crippen molar-refractivity contribution in [2.75, 3.05) is 50.8 Å². The summed E-state index contributed by atoms with van der Waals surface area (Å²) in [6.45, 7) is 7.28. The molecule has 2 amide bonds. The van der Waals surface area contributed by atoms with Gasteiger partial charge in [0.05, 0.1) is 11.5 Å². The summed E-state index contributed by atoms with van der Waals surface area (Å²) in [6, 6.07) is 4.74. The number of piperidine rings is 1. The number of amides is 2. The molecule has 9 heteroatoms. The number of anilines is 1. The molecule has 0 bridgehead atoms. The number of piperazine rings is 1. The Labute approximate surface area is 170 Å². The third-order valence-electron chi connectivity index (χ3n) is 5.51. The molecule has 9 nitrogen and oxygen atoms in total. The molecule has 158 valence electrons. The molecule has 1 aromatic rings. The Balaban J connectivity index is 1.72. The maximum absolute atomic E-state index is 12.9. The first-order valence-corrected chi connectivity index (χ1v) is 10.1. The Kier molecular flexibility index (Phi) is 6.56. The van der Waals surface area contributed by atoms with Gasteiger partial charge in [-0.1, -0.05) is 6.92 Å².